The van der Waals surface area contributed by atoms with Gasteiger partial charge >= 0.3 is 24.1 Å². The largest absolute Gasteiger partial charge is 0.490 e. The van der Waals surface area contributed by atoms with Crippen LogP contribution in [0.2, 0.25) is 0 Å². The summed E-state index contributed by atoms with van der Waals surface area (Å²) >= 11 is 0. The molecule has 4 rings (SSSR count). The highest BCUT2D eigenvalue weighted by atomic mass is 19.4. The Morgan fingerprint density at radius 3 is 2.02 bits per heavy atom. The molecule has 3 N–H and O–H groups in total. The number of carboxylic acid groups (broad SMARTS) is 1. The Morgan fingerprint density at radius 1 is 1.02 bits per heavy atom. The first-order valence-corrected chi connectivity index (χ1v) is 14.3. The summed E-state index contributed by atoms with van der Waals surface area (Å²) in [5.74, 6) is -5.91. The van der Waals surface area contributed by atoms with Crippen molar-refractivity contribution < 1.29 is 47.0 Å². The molecule has 2 saturated heterocycles. The number of amides is 4. The van der Waals surface area contributed by atoms with Gasteiger partial charge in [-0.25, -0.2) is 9.59 Å². The van der Waals surface area contributed by atoms with Crippen molar-refractivity contribution in [2.45, 2.75) is 57.5 Å². The lowest BCUT2D eigenvalue weighted by atomic mass is 9.76. The molecule has 0 bridgehead atoms. The molecule has 2 aromatic carbocycles. The summed E-state index contributed by atoms with van der Waals surface area (Å²) in [6, 6.07) is 17.7. The smallest absolute Gasteiger partial charge is 0.475 e. The number of carbonyl (C=O) groups excluding carboxylic acids is 4. The standard InChI is InChI=1S/C29H36N4O5.C2HF3O2/c1-5-32(28(37)30-19(2)3)18-22-23-24(26(35)33(25(23)34)17-21-14-10-7-11-15-21)29(31-22,27(36)38-4)16-20-12-8-6-9-13-20;3-2(4,5)1(6)7/h6-15,19,22-24,31H,5,16-18H2,1-4H3,(H,30,37);(H,6,7)/t22-,23+,24-,29-;/m1./s1. The van der Waals surface area contributed by atoms with Crippen LogP contribution in [0.25, 0.3) is 0 Å². The van der Waals surface area contributed by atoms with Crippen LogP contribution in [0.15, 0.2) is 60.7 Å². The molecule has 0 radical (unpaired) electrons. The normalized spacial score (nSPS) is 22.4. The Hall–Kier alpha value is -4.46. The highest BCUT2D eigenvalue weighted by Crippen LogP contribution is 2.45. The number of fused-ring (bicyclic) bond motifs is 1. The third-order valence-corrected chi connectivity index (χ3v) is 7.65. The number of methoxy groups -OCH3 is 1. The van der Waals surface area contributed by atoms with E-state index in [1.807, 2.05) is 81.4 Å². The van der Waals surface area contributed by atoms with Crippen LogP contribution >= 0.6 is 0 Å². The predicted octanol–water partition coefficient (Wildman–Crippen LogP) is 2.99. The summed E-state index contributed by atoms with van der Waals surface area (Å²) in [7, 11) is 1.29. The zero-order valence-electron chi connectivity index (χ0n) is 25.3. The molecule has 0 saturated carbocycles. The number of alkyl halides is 3. The second kappa shape index (κ2) is 14.5. The number of nitrogens with zero attached hydrogens (tertiary/aromatic N) is 2. The summed E-state index contributed by atoms with van der Waals surface area (Å²) in [5, 5.41) is 13.4. The number of esters is 1. The summed E-state index contributed by atoms with van der Waals surface area (Å²) in [5.41, 5.74) is 0.186. The van der Waals surface area contributed by atoms with Crippen LogP contribution in [0.3, 0.4) is 0 Å². The lowest BCUT2D eigenvalue weighted by Crippen LogP contribution is -2.60. The van der Waals surface area contributed by atoms with E-state index in [-0.39, 0.29) is 37.5 Å². The van der Waals surface area contributed by atoms with Crippen LogP contribution in [0.5, 0.6) is 0 Å². The molecule has 0 aliphatic carbocycles. The fourth-order valence-corrected chi connectivity index (χ4v) is 5.72. The molecule has 2 heterocycles. The summed E-state index contributed by atoms with van der Waals surface area (Å²) in [6.07, 6.45) is -4.92. The number of hydrogen-bond donors (Lipinski definition) is 3. The molecule has 244 valence electrons. The van der Waals surface area contributed by atoms with Crippen molar-refractivity contribution in [1.82, 2.24) is 20.4 Å². The van der Waals surface area contributed by atoms with Crippen molar-refractivity contribution in [3.8, 4) is 0 Å². The van der Waals surface area contributed by atoms with Crippen molar-refractivity contribution >= 4 is 29.8 Å². The van der Waals surface area contributed by atoms with Gasteiger partial charge in [0, 0.05) is 31.6 Å². The van der Waals surface area contributed by atoms with Crippen LogP contribution in [0, 0.1) is 11.8 Å². The molecule has 4 atom stereocenters. The van der Waals surface area contributed by atoms with E-state index in [1.165, 1.54) is 12.0 Å². The molecule has 2 aromatic rings. The zero-order chi connectivity index (χ0) is 33.5. The van der Waals surface area contributed by atoms with E-state index in [2.05, 4.69) is 10.6 Å². The van der Waals surface area contributed by atoms with Gasteiger partial charge in [0.25, 0.3) is 0 Å². The van der Waals surface area contributed by atoms with Gasteiger partial charge in [-0.15, -0.1) is 0 Å². The quantitative estimate of drug-likeness (QED) is 0.282. The van der Waals surface area contributed by atoms with Crippen LogP contribution in [0.1, 0.15) is 31.9 Å². The van der Waals surface area contributed by atoms with Crippen molar-refractivity contribution in [2.75, 3.05) is 20.2 Å². The van der Waals surface area contributed by atoms with E-state index in [4.69, 9.17) is 14.6 Å². The number of urea groups is 1. The Morgan fingerprint density at radius 2 is 1.56 bits per heavy atom. The van der Waals surface area contributed by atoms with Gasteiger partial charge in [-0.2, -0.15) is 13.2 Å². The zero-order valence-corrected chi connectivity index (χ0v) is 25.3. The molecule has 0 aromatic heterocycles. The van der Waals surface area contributed by atoms with E-state index in [1.54, 1.807) is 4.90 Å². The van der Waals surface area contributed by atoms with Gasteiger partial charge in [0.1, 0.15) is 5.54 Å². The van der Waals surface area contributed by atoms with Crippen molar-refractivity contribution in [3.63, 3.8) is 0 Å². The molecule has 0 spiro atoms. The highest BCUT2D eigenvalue weighted by molar-refractivity contribution is 6.09. The fourth-order valence-electron chi connectivity index (χ4n) is 5.72. The lowest BCUT2D eigenvalue weighted by molar-refractivity contribution is -0.192. The number of halogens is 3. The number of carbonyl (C=O) groups is 5. The van der Waals surface area contributed by atoms with Gasteiger partial charge in [0.2, 0.25) is 11.8 Å². The molecule has 2 aliphatic rings. The number of ether oxygens (including phenoxy) is 1. The molecule has 14 heteroatoms. The van der Waals surface area contributed by atoms with Crippen LogP contribution < -0.4 is 10.6 Å². The number of hydrogen-bond acceptors (Lipinski definition) is 7. The third-order valence-electron chi connectivity index (χ3n) is 7.65. The Kier molecular flexibility index (Phi) is 11.3. The highest BCUT2D eigenvalue weighted by Gasteiger charge is 2.68. The van der Waals surface area contributed by atoms with Gasteiger partial charge in [0.05, 0.1) is 25.5 Å². The van der Waals surface area contributed by atoms with E-state index in [0.717, 1.165) is 11.1 Å². The maximum Gasteiger partial charge on any atom is 0.490 e. The molecule has 2 fully saturated rings. The number of imide groups is 1. The minimum absolute atomic E-state index is 0.0656. The van der Waals surface area contributed by atoms with E-state index >= 15 is 0 Å². The molecule has 4 amide bonds. The number of nitrogens with one attached hydrogen (secondary N) is 2. The van der Waals surface area contributed by atoms with Crippen molar-refractivity contribution in [3.05, 3.63) is 71.8 Å². The first kappa shape index (κ1) is 35.0. The first-order valence-electron chi connectivity index (χ1n) is 14.3. The molecular weight excluding hydrogens is 597 g/mol. The molecule has 2 aliphatic heterocycles. The number of benzene rings is 2. The number of aliphatic carboxylic acids is 1. The predicted molar refractivity (Wildman–Crippen MR) is 155 cm³/mol. The summed E-state index contributed by atoms with van der Waals surface area (Å²) < 4.78 is 37.0. The van der Waals surface area contributed by atoms with Gasteiger partial charge < -0.3 is 20.1 Å². The Balaban J connectivity index is 0.000000707. The monoisotopic (exact) mass is 634 g/mol. The SMILES string of the molecule is CCN(C[C@H]1N[C@@](Cc2ccccc2)(C(=O)OC)[C@H]2C(=O)N(Cc3ccccc3)C(=O)[C@@H]12)C(=O)NC(C)C.O=C(O)C(F)(F)F. The van der Waals surface area contributed by atoms with Crippen molar-refractivity contribution in [2.24, 2.45) is 11.8 Å². The van der Waals surface area contributed by atoms with E-state index in [9.17, 15) is 32.3 Å². The maximum atomic E-state index is 14.0. The topological polar surface area (TPSA) is 145 Å². The van der Waals surface area contributed by atoms with Crippen LogP contribution in [-0.2, 0) is 36.9 Å². The van der Waals surface area contributed by atoms with Crippen LogP contribution in [0.4, 0.5) is 18.0 Å². The van der Waals surface area contributed by atoms with Crippen molar-refractivity contribution in [1.29, 1.82) is 0 Å². The first-order chi connectivity index (χ1) is 21.2. The minimum atomic E-state index is -5.08. The fraction of sp³-hybridized carbons (Fsp3) is 0.452. The summed E-state index contributed by atoms with van der Waals surface area (Å²) in [6.45, 7) is 6.27. The molecular formula is C31H37F3N4O7. The van der Waals surface area contributed by atoms with E-state index < -0.39 is 47.4 Å². The minimum Gasteiger partial charge on any atom is -0.475 e. The lowest BCUT2D eigenvalue weighted by Gasteiger charge is -2.33. The number of carboxylic acids is 1. The molecule has 45 heavy (non-hydrogen) atoms. The average molecular weight is 635 g/mol. The Bertz CT molecular complexity index is 1370. The third kappa shape index (κ3) is 7.98. The number of likely N-dealkylation sites (tertiary alicyclic amines) is 1. The van der Waals surface area contributed by atoms with Gasteiger partial charge in [-0.1, -0.05) is 60.7 Å². The second-order valence-electron chi connectivity index (χ2n) is 11.1. The molecule has 11 nitrogen and oxygen atoms in total. The van der Waals surface area contributed by atoms with Gasteiger partial charge in [0.15, 0.2) is 0 Å². The number of rotatable bonds is 9. The van der Waals surface area contributed by atoms with Gasteiger partial charge in [-0.05, 0) is 31.9 Å². The second-order valence-corrected chi connectivity index (χ2v) is 11.1. The molecule has 0 unspecified atom stereocenters. The average Bonchev–Trinajstić information content (AvgIpc) is 3.44. The van der Waals surface area contributed by atoms with Gasteiger partial charge in [-0.3, -0.25) is 24.6 Å². The summed E-state index contributed by atoms with van der Waals surface area (Å²) in [4.78, 5) is 66.0. The van der Waals surface area contributed by atoms with E-state index in [0.29, 0.717) is 6.54 Å². The maximum absolute atomic E-state index is 14.0. The number of likely N-dealkylation sites (N-methyl/N-ethyl adjacent to an activating group) is 1. The van der Waals surface area contributed by atoms with Crippen LogP contribution in [-0.4, -0.2) is 88.7 Å². The Labute approximate surface area is 258 Å².